The largest absolute Gasteiger partial charge is 0.274 e. The van der Waals surface area contributed by atoms with Crippen LogP contribution in [0.15, 0.2) is 24.3 Å². The van der Waals surface area contributed by atoms with Gasteiger partial charge in [-0.1, -0.05) is 30.7 Å². The summed E-state index contributed by atoms with van der Waals surface area (Å²) in [6, 6.07) is 7.19. The first-order valence-corrected chi connectivity index (χ1v) is 8.09. The van der Waals surface area contributed by atoms with Gasteiger partial charge in [0.15, 0.2) is 0 Å². The molecule has 0 saturated carbocycles. The van der Waals surface area contributed by atoms with Gasteiger partial charge in [0.1, 0.15) is 0 Å². The van der Waals surface area contributed by atoms with E-state index in [4.69, 9.17) is 11.6 Å². The summed E-state index contributed by atoms with van der Waals surface area (Å²) >= 11 is 5.85. The van der Waals surface area contributed by atoms with Crippen molar-refractivity contribution < 1.29 is 13.2 Å². The first kappa shape index (κ1) is 16.0. The quantitative estimate of drug-likeness (QED) is 0.811. The summed E-state index contributed by atoms with van der Waals surface area (Å²) in [5, 5.41) is 0.608. The predicted octanol–water partition coefficient (Wildman–Crippen LogP) is 2.47. The Kier molecular flexibility index (Phi) is 5.82. The third kappa shape index (κ3) is 4.84. The number of halogens is 1. The standard InChI is InChI=1S/C13H18ClNO3S/c1-3-9-19(17,18)15(2)13(16)8-7-11-5-4-6-12(14)10-11/h4-6,10H,3,7-9H2,1-2H3. The Hall–Kier alpha value is -1.07. The van der Waals surface area contributed by atoms with E-state index in [0.29, 0.717) is 17.9 Å². The molecular weight excluding hydrogens is 286 g/mol. The zero-order valence-electron chi connectivity index (χ0n) is 11.1. The average molecular weight is 304 g/mol. The molecule has 1 aromatic carbocycles. The molecule has 0 fully saturated rings. The zero-order valence-corrected chi connectivity index (χ0v) is 12.7. The van der Waals surface area contributed by atoms with Crippen molar-refractivity contribution >= 4 is 27.5 Å². The maximum absolute atomic E-state index is 11.8. The minimum Gasteiger partial charge on any atom is -0.274 e. The molecule has 0 heterocycles. The van der Waals surface area contributed by atoms with Gasteiger partial charge in [0.25, 0.3) is 0 Å². The van der Waals surface area contributed by atoms with Crippen LogP contribution in [0.5, 0.6) is 0 Å². The van der Waals surface area contributed by atoms with E-state index < -0.39 is 15.9 Å². The van der Waals surface area contributed by atoms with Crippen LogP contribution in [0.2, 0.25) is 5.02 Å². The van der Waals surface area contributed by atoms with Crippen molar-refractivity contribution in [3.63, 3.8) is 0 Å². The fraction of sp³-hybridized carbons (Fsp3) is 0.462. The van der Waals surface area contributed by atoms with E-state index in [1.807, 2.05) is 6.07 Å². The normalized spacial score (nSPS) is 11.3. The lowest BCUT2D eigenvalue weighted by molar-refractivity contribution is -0.125. The lowest BCUT2D eigenvalue weighted by Crippen LogP contribution is -2.34. The van der Waals surface area contributed by atoms with Crippen LogP contribution in [0, 0.1) is 0 Å². The Morgan fingerprint density at radius 3 is 2.63 bits per heavy atom. The third-order valence-corrected chi connectivity index (χ3v) is 4.94. The molecule has 0 atom stereocenters. The number of aryl methyl sites for hydroxylation is 1. The van der Waals surface area contributed by atoms with Crippen molar-refractivity contribution in [3.8, 4) is 0 Å². The van der Waals surface area contributed by atoms with Crippen LogP contribution < -0.4 is 0 Å². The smallest absolute Gasteiger partial charge is 0.237 e. The highest BCUT2D eigenvalue weighted by atomic mass is 35.5. The van der Waals surface area contributed by atoms with Crippen LogP contribution in [0.3, 0.4) is 0 Å². The highest BCUT2D eigenvalue weighted by Gasteiger charge is 2.21. The van der Waals surface area contributed by atoms with Crippen LogP contribution >= 0.6 is 11.6 Å². The molecule has 1 aromatic rings. The molecule has 106 valence electrons. The number of amides is 1. The summed E-state index contributed by atoms with van der Waals surface area (Å²) in [5.74, 6) is -0.403. The Labute approximate surface area is 119 Å². The number of nitrogens with zero attached hydrogens (tertiary/aromatic N) is 1. The molecule has 0 unspecified atom stereocenters. The Balaban J connectivity index is 2.61. The molecule has 0 N–H and O–H groups in total. The second kappa shape index (κ2) is 6.91. The van der Waals surface area contributed by atoms with Crippen molar-refractivity contribution in [2.24, 2.45) is 0 Å². The van der Waals surface area contributed by atoms with Gasteiger partial charge < -0.3 is 0 Å². The molecular formula is C13H18ClNO3S. The average Bonchev–Trinajstić information content (AvgIpc) is 2.35. The van der Waals surface area contributed by atoms with E-state index in [1.165, 1.54) is 7.05 Å². The Morgan fingerprint density at radius 1 is 1.37 bits per heavy atom. The van der Waals surface area contributed by atoms with Crippen molar-refractivity contribution in [3.05, 3.63) is 34.9 Å². The maximum Gasteiger partial charge on any atom is 0.237 e. The SMILES string of the molecule is CCCS(=O)(=O)N(C)C(=O)CCc1cccc(Cl)c1. The van der Waals surface area contributed by atoms with Gasteiger partial charge in [-0.05, 0) is 30.5 Å². The summed E-state index contributed by atoms with van der Waals surface area (Å²) in [6.45, 7) is 1.77. The van der Waals surface area contributed by atoms with Crippen molar-refractivity contribution in [2.45, 2.75) is 26.2 Å². The first-order chi connectivity index (χ1) is 8.86. The van der Waals surface area contributed by atoms with Crippen LogP contribution in [0.25, 0.3) is 0 Å². The highest BCUT2D eigenvalue weighted by Crippen LogP contribution is 2.13. The third-order valence-electron chi connectivity index (χ3n) is 2.75. The molecule has 0 radical (unpaired) electrons. The molecule has 0 spiro atoms. The molecule has 0 aliphatic rings. The van der Waals surface area contributed by atoms with Gasteiger partial charge in [0.2, 0.25) is 15.9 Å². The fourth-order valence-corrected chi connectivity index (χ4v) is 3.06. The number of carbonyl (C=O) groups is 1. The van der Waals surface area contributed by atoms with E-state index in [2.05, 4.69) is 0 Å². The molecule has 4 nitrogen and oxygen atoms in total. The summed E-state index contributed by atoms with van der Waals surface area (Å²) < 4.78 is 24.3. The van der Waals surface area contributed by atoms with E-state index >= 15 is 0 Å². The number of sulfonamides is 1. The van der Waals surface area contributed by atoms with Crippen molar-refractivity contribution in [1.82, 2.24) is 4.31 Å². The lowest BCUT2D eigenvalue weighted by Gasteiger charge is -2.17. The lowest BCUT2D eigenvalue weighted by atomic mass is 10.1. The van der Waals surface area contributed by atoms with Crippen LogP contribution in [0.1, 0.15) is 25.3 Å². The molecule has 1 amide bonds. The number of hydrogen-bond acceptors (Lipinski definition) is 3. The van der Waals surface area contributed by atoms with Gasteiger partial charge in [0, 0.05) is 18.5 Å². The number of hydrogen-bond donors (Lipinski definition) is 0. The summed E-state index contributed by atoms with van der Waals surface area (Å²) in [4.78, 5) is 11.8. The number of carbonyl (C=O) groups excluding carboxylic acids is 1. The number of rotatable bonds is 6. The molecule has 0 aliphatic carbocycles. The maximum atomic E-state index is 11.8. The van der Waals surface area contributed by atoms with Crippen LogP contribution in [-0.4, -0.2) is 31.4 Å². The summed E-state index contributed by atoms with van der Waals surface area (Å²) in [5.41, 5.74) is 0.919. The van der Waals surface area contributed by atoms with Crippen LogP contribution in [-0.2, 0) is 21.2 Å². The Morgan fingerprint density at radius 2 is 2.05 bits per heavy atom. The zero-order chi connectivity index (χ0) is 14.5. The second-order valence-corrected chi connectivity index (χ2v) is 6.86. The van der Waals surface area contributed by atoms with Gasteiger partial charge in [-0.3, -0.25) is 4.79 Å². The fourth-order valence-electron chi connectivity index (χ4n) is 1.65. The molecule has 19 heavy (non-hydrogen) atoms. The van der Waals surface area contributed by atoms with Crippen LogP contribution in [0.4, 0.5) is 0 Å². The predicted molar refractivity (Wildman–Crippen MR) is 76.6 cm³/mol. The van der Waals surface area contributed by atoms with Gasteiger partial charge in [-0.25, -0.2) is 12.7 Å². The number of benzene rings is 1. The minimum absolute atomic E-state index is 0.00753. The van der Waals surface area contributed by atoms with Gasteiger partial charge >= 0.3 is 0 Å². The molecule has 0 aromatic heterocycles. The highest BCUT2D eigenvalue weighted by molar-refractivity contribution is 7.89. The minimum atomic E-state index is -3.46. The topological polar surface area (TPSA) is 54.5 Å². The molecule has 0 bridgehead atoms. The summed E-state index contributed by atoms with van der Waals surface area (Å²) in [7, 11) is -2.15. The molecule has 0 saturated heterocycles. The van der Waals surface area contributed by atoms with E-state index in [9.17, 15) is 13.2 Å². The van der Waals surface area contributed by atoms with Gasteiger partial charge in [0.05, 0.1) is 5.75 Å². The van der Waals surface area contributed by atoms with E-state index in [1.54, 1.807) is 25.1 Å². The van der Waals surface area contributed by atoms with Crippen molar-refractivity contribution in [1.29, 1.82) is 0 Å². The monoisotopic (exact) mass is 303 g/mol. The molecule has 0 aliphatic heterocycles. The Bertz CT molecular complexity index is 543. The molecule has 1 rings (SSSR count). The van der Waals surface area contributed by atoms with Crippen molar-refractivity contribution in [2.75, 3.05) is 12.8 Å². The second-order valence-electron chi connectivity index (χ2n) is 4.31. The van der Waals surface area contributed by atoms with Gasteiger partial charge in [-0.15, -0.1) is 0 Å². The molecule has 6 heteroatoms. The van der Waals surface area contributed by atoms with E-state index in [-0.39, 0.29) is 12.2 Å². The summed E-state index contributed by atoms with van der Waals surface area (Å²) in [6.07, 6.45) is 1.12. The van der Waals surface area contributed by atoms with Gasteiger partial charge in [-0.2, -0.15) is 0 Å². The van der Waals surface area contributed by atoms with E-state index in [0.717, 1.165) is 9.87 Å². The first-order valence-electron chi connectivity index (χ1n) is 6.10.